The average molecular weight is 252 g/mol. The first-order valence-electron chi connectivity index (χ1n) is 5.01. The normalized spacial score (nSPS) is 10.3. The molecule has 0 radical (unpaired) electrons. The number of carboxylic acids is 1. The van der Waals surface area contributed by atoms with Gasteiger partial charge in [0.2, 0.25) is 0 Å². The molecule has 18 heavy (non-hydrogen) atoms. The highest BCUT2D eigenvalue weighted by Crippen LogP contribution is 2.17. The van der Waals surface area contributed by atoms with E-state index in [1.165, 1.54) is 6.07 Å². The van der Waals surface area contributed by atoms with E-state index in [9.17, 15) is 9.18 Å². The molecule has 94 valence electrons. The number of aromatic carboxylic acids is 1. The quantitative estimate of drug-likeness (QED) is 0.892. The second kappa shape index (κ2) is 4.82. The summed E-state index contributed by atoms with van der Waals surface area (Å²) >= 11 is 0. The van der Waals surface area contributed by atoms with E-state index < -0.39 is 17.3 Å². The van der Waals surface area contributed by atoms with Gasteiger partial charge in [0.15, 0.2) is 12.4 Å². The maximum Gasteiger partial charge on any atom is 0.338 e. The number of carbonyl (C=O) groups is 1. The summed E-state index contributed by atoms with van der Waals surface area (Å²) in [7, 11) is 0. The van der Waals surface area contributed by atoms with Crippen molar-refractivity contribution in [2.24, 2.45) is 0 Å². The number of halogens is 1. The zero-order valence-corrected chi connectivity index (χ0v) is 9.38. The van der Waals surface area contributed by atoms with E-state index >= 15 is 0 Å². The second-order valence-electron chi connectivity index (χ2n) is 3.47. The Morgan fingerprint density at radius 2 is 2.33 bits per heavy atom. The molecule has 0 bridgehead atoms. The van der Waals surface area contributed by atoms with Crippen molar-refractivity contribution in [3.63, 3.8) is 0 Å². The molecule has 1 N–H and O–H groups in total. The number of rotatable bonds is 4. The Labute approximate surface area is 101 Å². The van der Waals surface area contributed by atoms with Crippen molar-refractivity contribution in [3.8, 4) is 5.75 Å². The van der Waals surface area contributed by atoms with Crippen LogP contribution in [0.5, 0.6) is 5.75 Å². The molecule has 0 atom stereocenters. The topological polar surface area (TPSA) is 85.5 Å². The van der Waals surface area contributed by atoms with E-state index in [2.05, 4.69) is 10.1 Å². The van der Waals surface area contributed by atoms with Crippen LogP contribution in [-0.4, -0.2) is 21.2 Å². The molecule has 0 aliphatic carbocycles. The standard InChI is InChI=1S/C11H9FN2O4/c1-6-13-10(18-14-6)5-17-7-2-3-8(11(15)16)9(12)4-7/h2-4H,5H2,1H3,(H,15,16). The van der Waals surface area contributed by atoms with Gasteiger partial charge in [-0.25, -0.2) is 9.18 Å². The molecule has 0 amide bonds. The Bertz CT molecular complexity index is 582. The van der Waals surface area contributed by atoms with E-state index in [0.29, 0.717) is 5.82 Å². The zero-order valence-electron chi connectivity index (χ0n) is 9.38. The highest BCUT2D eigenvalue weighted by atomic mass is 19.1. The fourth-order valence-electron chi connectivity index (χ4n) is 1.30. The van der Waals surface area contributed by atoms with Crippen LogP contribution in [0.1, 0.15) is 22.1 Å². The van der Waals surface area contributed by atoms with Crippen LogP contribution in [0.25, 0.3) is 0 Å². The van der Waals surface area contributed by atoms with Gasteiger partial charge in [0.1, 0.15) is 11.6 Å². The minimum Gasteiger partial charge on any atom is -0.484 e. The molecule has 1 heterocycles. The third kappa shape index (κ3) is 2.62. The molecule has 0 fully saturated rings. The van der Waals surface area contributed by atoms with Crippen LogP contribution in [0.2, 0.25) is 0 Å². The maximum absolute atomic E-state index is 13.3. The summed E-state index contributed by atoms with van der Waals surface area (Å²) in [6.07, 6.45) is 0. The molecule has 6 nitrogen and oxygen atoms in total. The second-order valence-corrected chi connectivity index (χ2v) is 3.47. The first-order chi connectivity index (χ1) is 8.56. The average Bonchev–Trinajstić information content (AvgIpc) is 2.72. The number of hydrogen-bond donors (Lipinski definition) is 1. The monoisotopic (exact) mass is 252 g/mol. The van der Waals surface area contributed by atoms with Crippen molar-refractivity contribution in [1.29, 1.82) is 0 Å². The number of hydrogen-bond acceptors (Lipinski definition) is 5. The Hall–Kier alpha value is -2.44. The maximum atomic E-state index is 13.3. The molecule has 2 aromatic rings. The van der Waals surface area contributed by atoms with E-state index in [-0.39, 0.29) is 18.2 Å². The van der Waals surface area contributed by atoms with Gasteiger partial charge >= 0.3 is 5.97 Å². The molecule has 0 aliphatic heterocycles. The molecule has 2 rings (SSSR count). The van der Waals surface area contributed by atoms with Crippen LogP contribution < -0.4 is 4.74 Å². The van der Waals surface area contributed by atoms with Gasteiger partial charge in [-0.05, 0) is 19.1 Å². The van der Waals surface area contributed by atoms with E-state index in [0.717, 1.165) is 12.1 Å². The van der Waals surface area contributed by atoms with Crippen molar-refractivity contribution in [2.45, 2.75) is 13.5 Å². The molecule has 0 spiro atoms. The summed E-state index contributed by atoms with van der Waals surface area (Å²) < 4.78 is 23.3. The minimum atomic E-state index is -1.33. The summed E-state index contributed by atoms with van der Waals surface area (Å²) in [6.45, 7) is 1.65. The van der Waals surface area contributed by atoms with Crippen LogP contribution >= 0.6 is 0 Å². The number of aryl methyl sites for hydroxylation is 1. The Balaban J connectivity index is 2.06. The first kappa shape index (κ1) is 12.0. The van der Waals surface area contributed by atoms with Gasteiger partial charge in [0, 0.05) is 6.07 Å². The van der Waals surface area contributed by atoms with Crippen molar-refractivity contribution >= 4 is 5.97 Å². The first-order valence-corrected chi connectivity index (χ1v) is 5.01. The lowest BCUT2D eigenvalue weighted by Gasteiger charge is -2.04. The Kier molecular flexibility index (Phi) is 3.22. The van der Waals surface area contributed by atoms with Gasteiger partial charge in [-0.15, -0.1) is 0 Å². The van der Waals surface area contributed by atoms with Crippen LogP contribution in [0.3, 0.4) is 0 Å². The molecule has 7 heteroatoms. The lowest BCUT2D eigenvalue weighted by atomic mass is 10.2. The van der Waals surface area contributed by atoms with Crippen LogP contribution in [-0.2, 0) is 6.61 Å². The van der Waals surface area contributed by atoms with Crippen LogP contribution in [0, 0.1) is 12.7 Å². The highest BCUT2D eigenvalue weighted by Gasteiger charge is 2.11. The van der Waals surface area contributed by atoms with Crippen molar-refractivity contribution < 1.29 is 23.6 Å². The van der Waals surface area contributed by atoms with Crippen molar-refractivity contribution in [3.05, 3.63) is 41.3 Å². The molecule has 0 aliphatic rings. The number of carboxylic acid groups (broad SMARTS) is 1. The third-order valence-electron chi connectivity index (χ3n) is 2.10. The van der Waals surface area contributed by atoms with E-state index in [1.807, 2.05) is 0 Å². The largest absolute Gasteiger partial charge is 0.484 e. The fourth-order valence-corrected chi connectivity index (χ4v) is 1.30. The smallest absolute Gasteiger partial charge is 0.338 e. The number of nitrogens with zero attached hydrogens (tertiary/aromatic N) is 2. The predicted octanol–water partition coefficient (Wildman–Crippen LogP) is 1.79. The summed E-state index contributed by atoms with van der Waals surface area (Å²) in [5, 5.41) is 12.2. The van der Waals surface area contributed by atoms with Gasteiger partial charge in [-0.1, -0.05) is 5.16 Å². The van der Waals surface area contributed by atoms with Gasteiger partial charge in [-0.2, -0.15) is 4.98 Å². The number of aromatic nitrogens is 2. The minimum absolute atomic E-state index is 0.00724. The highest BCUT2D eigenvalue weighted by molar-refractivity contribution is 5.88. The molecule has 0 saturated heterocycles. The van der Waals surface area contributed by atoms with E-state index in [1.54, 1.807) is 6.92 Å². The van der Waals surface area contributed by atoms with Crippen molar-refractivity contribution in [2.75, 3.05) is 0 Å². The summed E-state index contributed by atoms with van der Waals surface area (Å²) in [4.78, 5) is 14.5. The molecule has 0 saturated carbocycles. The predicted molar refractivity (Wildman–Crippen MR) is 56.7 cm³/mol. The van der Waals surface area contributed by atoms with Gasteiger partial charge in [0.05, 0.1) is 5.56 Å². The molecule has 1 aromatic carbocycles. The molecule has 1 aromatic heterocycles. The molecule has 0 unspecified atom stereocenters. The summed E-state index contributed by atoms with van der Waals surface area (Å²) in [5.74, 6) is -1.27. The van der Waals surface area contributed by atoms with Gasteiger partial charge in [-0.3, -0.25) is 0 Å². The SMILES string of the molecule is Cc1noc(COc2ccc(C(=O)O)c(F)c2)n1. The fraction of sp³-hybridized carbons (Fsp3) is 0.182. The lowest BCUT2D eigenvalue weighted by Crippen LogP contribution is -2.02. The Morgan fingerprint density at radius 1 is 1.56 bits per heavy atom. The zero-order chi connectivity index (χ0) is 13.1. The summed E-state index contributed by atoms with van der Waals surface area (Å²) in [5.41, 5.74) is -0.406. The van der Waals surface area contributed by atoms with Crippen molar-refractivity contribution in [1.82, 2.24) is 10.1 Å². The summed E-state index contributed by atoms with van der Waals surface area (Å²) in [6, 6.07) is 3.48. The van der Waals surface area contributed by atoms with Crippen LogP contribution in [0.4, 0.5) is 4.39 Å². The number of ether oxygens (including phenoxy) is 1. The Morgan fingerprint density at radius 3 is 2.89 bits per heavy atom. The van der Waals surface area contributed by atoms with Gasteiger partial charge < -0.3 is 14.4 Å². The lowest BCUT2D eigenvalue weighted by molar-refractivity contribution is 0.0691. The number of benzene rings is 1. The van der Waals surface area contributed by atoms with Crippen LogP contribution in [0.15, 0.2) is 22.7 Å². The molecular formula is C11H9FN2O4. The third-order valence-corrected chi connectivity index (χ3v) is 2.10. The van der Waals surface area contributed by atoms with Gasteiger partial charge in [0.25, 0.3) is 5.89 Å². The van der Waals surface area contributed by atoms with E-state index in [4.69, 9.17) is 14.4 Å². The molecular weight excluding hydrogens is 243 g/mol.